The number of amides is 2. The third kappa shape index (κ3) is 3.22. The van der Waals surface area contributed by atoms with Gasteiger partial charge in [-0.3, -0.25) is 14.5 Å². The maximum atomic E-state index is 13.3. The molecule has 3 aromatic carbocycles. The highest BCUT2D eigenvalue weighted by atomic mass is 16.5. The monoisotopic (exact) mass is 489 g/mol. The number of nitrogens with zero attached hydrogens (tertiary/aromatic N) is 4. The van der Waals surface area contributed by atoms with Gasteiger partial charge < -0.3 is 14.6 Å². The minimum atomic E-state index is -0.258. The van der Waals surface area contributed by atoms with Crippen LogP contribution in [0.1, 0.15) is 37.9 Å². The minimum absolute atomic E-state index is 0.225. The highest BCUT2D eigenvalue weighted by Gasteiger charge is 2.40. The van der Waals surface area contributed by atoms with Gasteiger partial charge in [-0.15, -0.1) is 0 Å². The third-order valence-electron chi connectivity index (χ3n) is 7.49. The van der Waals surface area contributed by atoms with Crippen LogP contribution in [0, 0.1) is 0 Å². The number of carbonyl (C=O) groups excluding carboxylic acids is 2. The highest BCUT2D eigenvalue weighted by molar-refractivity contribution is 6.21. The van der Waals surface area contributed by atoms with Gasteiger partial charge in [-0.1, -0.05) is 36.4 Å². The topological polar surface area (TPSA) is 91.4 Å². The third-order valence-corrected chi connectivity index (χ3v) is 7.49. The van der Waals surface area contributed by atoms with E-state index in [0.29, 0.717) is 17.7 Å². The molecule has 0 saturated heterocycles. The van der Waals surface area contributed by atoms with Crippen LogP contribution in [-0.4, -0.2) is 51.9 Å². The van der Waals surface area contributed by atoms with Gasteiger partial charge in [0.25, 0.3) is 11.8 Å². The molecule has 0 radical (unpaired) electrons. The summed E-state index contributed by atoms with van der Waals surface area (Å²) in [7, 11) is 1.64. The van der Waals surface area contributed by atoms with E-state index in [1.807, 2.05) is 30.3 Å². The summed E-state index contributed by atoms with van der Waals surface area (Å²) < 4.78 is 5.43. The van der Waals surface area contributed by atoms with E-state index < -0.39 is 0 Å². The number of H-pyrrole nitrogens is 1. The standard InChI is InChI=1S/C29H23N5O3/c1-37-18-10-11-23-22(14-18)25-26(32-23)27(31-16-30-25)33-13-12-17-6-2-3-7-19(17)24(33)15-34-28(35)20-8-4-5-9-21(20)29(34)36/h2-11,14,16,24,32H,12-13,15H2,1H3. The first kappa shape index (κ1) is 21.6. The number of anilines is 1. The second kappa shape index (κ2) is 8.16. The highest BCUT2D eigenvalue weighted by Crippen LogP contribution is 2.39. The molecule has 1 unspecified atom stereocenters. The molecule has 2 aliphatic rings. The number of ether oxygens (including phenoxy) is 1. The number of aromatic amines is 1. The Morgan fingerprint density at radius 2 is 1.73 bits per heavy atom. The lowest BCUT2D eigenvalue weighted by molar-refractivity contribution is 0.0642. The Kier molecular flexibility index (Phi) is 4.75. The van der Waals surface area contributed by atoms with Gasteiger partial charge >= 0.3 is 0 Å². The Labute approximate surface area is 212 Å². The molecule has 8 nitrogen and oxygen atoms in total. The summed E-state index contributed by atoms with van der Waals surface area (Å²) in [5.74, 6) is 0.989. The number of rotatable bonds is 4. The number of carbonyl (C=O) groups is 2. The molecule has 1 atom stereocenters. The molecule has 0 bridgehead atoms. The number of fused-ring (bicyclic) bond motifs is 5. The fourth-order valence-corrected chi connectivity index (χ4v) is 5.68. The van der Waals surface area contributed by atoms with E-state index in [4.69, 9.17) is 9.72 Å². The van der Waals surface area contributed by atoms with Crippen LogP contribution in [0.5, 0.6) is 5.75 Å². The minimum Gasteiger partial charge on any atom is -0.497 e. The summed E-state index contributed by atoms with van der Waals surface area (Å²) in [5, 5.41) is 0.951. The van der Waals surface area contributed by atoms with Gasteiger partial charge in [0, 0.05) is 17.4 Å². The van der Waals surface area contributed by atoms with Gasteiger partial charge in [0.05, 0.1) is 30.8 Å². The smallest absolute Gasteiger partial charge is 0.261 e. The number of methoxy groups -OCH3 is 1. The van der Waals surface area contributed by atoms with Crippen LogP contribution < -0.4 is 9.64 Å². The fourth-order valence-electron chi connectivity index (χ4n) is 5.68. The molecule has 0 spiro atoms. The van der Waals surface area contributed by atoms with Gasteiger partial charge in [-0.2, -0.15) is 0 Å². The van der Waals surface area contributed by atoms with E-state index in [2.05, 4.69) is 27.0 Å². The van der Waals surface area contributed by atoms with Crippen molar-refractivity contribution in [2.24, 2.45) is 0 Å². The maximum Gasteiger partial charge on any atom is 0.261 e. The molecule has 182 valence electrons. The quantitative estimate of drug-likeness (QED) is 0.373. The zero-order valence-corrected chi connectivity index (χ0v) is 20.1. The Hall–Kier alpha value is -4.72. The summed E-state index contributed by atoms with van der Waals surface area (Å²) in [6, 6.07) is 20.8. The van der Waals surface area contributed by atoms with Crippen molar-refractivity contribution in [3.63, 3.8) is 0 Å². The van der Waals surface area contributed by atoms with Crippen molar-refractivity contribution in [1.82, 2.24) is 19.9 Å². The van der Waals surface area contributed by atoms with Crippen molar-refractivity contribution < 1.29 is 14.3 Å². The average molecular weight is 490 g/mol. The molecule has 5 aromatic rings. The Balaban J connectivity index is 1.35. The van der Waals surface area contributed by atoms with Crippen LogP contribution in [0.4, 0.5) is 5.82 Å². The molecule has 7 rings (SSSR count). The molecule has 2 aromatic heterocycles. The van der Waals surface area contributed by atoms with E-state index in [1.165, 1.54) is 10.5 Å². The maximum absolute atomic E-state index is 13.3. The zero-order chi connectivity index (χ0) is 25.1. The van der Waals surface area contributed by atoms with E-state index in [0.717, 1.165) is 45.5 Å². The van der Waals surface area contributed by atoms with Crippen molar-refractivity contribution in [2.45, 2.75) is 12.5 Å². The van der Waals surface area contributed by atoms with Crippen LogP contribution in [0.2, 0.25) is 0 Å². The van der Waals surface area contributed by atoms with Gasteiger partial charge in [-0.25, -0.2) is 9.97 Å². The fraction of sp³-hybridized carbons (Fsp3) is 0.172. The summed E-state index contributed by atoms with van der Waals surface area (Å²) >= 11 is 0. The average Bonchev–Trinajstić information content (AvgIpc) is 3.43. The predicted octanol–water partition coefficient (Wildman–Crippen LogP) is 4.52. The number of benzene rings is 3. The van der Waals surface area contributed by atoms with Gasteiger partial charge in [0.2, 0.25) is 0 Å². The van der Waals surface area contributed by atoms with Crippen LogP contribution in [0.15, 0.2) is 73.1 Å². The van der Waals surface area contributed by atoms with E-state index in [1.54, 1.807) is 37.7 Å². The number of hydrogen-bond donors (Lipinski definition) is 1. The van der Waals surface area contributed by atoms with Crippen molar-refractivity contribution in [3.8, 4) is 5.75 Å². The normalized spacial score (nSPS) is 16.9. The Bertz CT molecular complexity index is 1690. The molecule has 2 amide bonds. The summed E-state index contributed by atoms with van der Waals surface area (Å²) in [4.78, 5) is 42.9. The SMILES string of the molecule is COc1ccc2[nH]c3c(N4CCc5ccccc5C4CN4C(=O)c5ccccc5C4=O)ncnc3c2c1. The van der Waals surface area contributed by atoms with E-state index >= 15 is 0 Å². The number of nitrogens with one attached hydrogen (secondary N) is 1. The molecule has 2 aliphatic heterocycles. The van der Waals surface area contributed by atoms with Crippen LogP contribution in [0.3, 0.4) is 0 Å². The van der Waals surface area contributed by atoms with Crippen molar-refractivity contribution in [2.75, 3.05) is 25.1 Å². The van der Waals surface area contributed by atoms with Crippen LogP contribution in [-0.2, 0) is 6.42 Å². The lowest BCUT2D eigenvalue weighted by atomic mass is 9.92. The van der Waals surface area contributed by atoms with Gasteiger partial charge in [-0.05, 0) is 47.9 Å². The second-order valence-electron chi connectivity index (χ2n) is 9.38. The summed E-state index contributed by atoms with van der Waals surface area (Å²) in [5.41, 5.74) is 5.78. The van der Waals surface area contributed by atoms with Crippen molar-refractivity contribution >= 4 is 39.6 Å². The molecular weight excluding hydrogens is 466 g/mol. The molecule has 4 heterocycles. The lowest BCUT2D eigenvalue weighted by Crippen LogP contribution is -2.44. The van der Waals surface area contributed by atoms with Crippen molar-refractivity contribution in [3.05, 3.63) is 95.3 Å². The van der Waals surface area contributed by atoms with Crippen LogP contribution in [0.25, 0.3) is 21.9 Å². The first-order chi connectivity index (χ1) is 18.1. The molecule has 0 fully saturated rings. The van der Waals surface area contributed by atoms with Gasteiger partial charge in [0.15, 0.2) is 5.82 Å². The Morgan fingerprint density at radius 3 is 2.51 bits per heavy atom. The summed E-state index contributed by atoms with van der Waals surface area (Å²) in [6.45, 7) is 0.915. The molecule has 1 N–H and O–H groups in total. The predicted molar refractivity (Wildman–Crippen MR) is 140 cm³/mol. The van der Waals surface area contributed by atoms with Crippen molar-refractivity contribution in [1.29, 1.82) is 0 Å². The van der Waals surface area contributed by atoms with Crippen LogP contribution >= 0.6 is 0 Å². The molecular formula is C29H23N5O3. The summed E-state index contributed by atoms with van der Waals surface area (Å²) in [6.07, 6.45) is 2.40. The number of imide groups is 1. The van der Waals surface area contributed by atoms with E-state index in [-0.39, 0.29) is 24.4 Å². The molecule has 0 saturated carbocycles. The first-order valence-electron chi connectivity index (χ1n) is 12.2. The first-order valence-corrected chi connectivity index (χ1v) is 12.2. The molecule has 0 aliphatic carbocycles. The largest absolute Gasteiger partial charge is 0.497 e. The second-order valence-corrected chi connectivity index (χ2v) is 9.38. The van der Waals surface area contributed by atoms with Gasteiger partial charge in [0.1, 0.15) is 23.1 Å². The molecule has 8 heteroatoms. The number of hydrogen-bond acceptors (Lipinski definition) is 6. The lowest BCUT2D eigenvalue weighted by Gasteiger charge is -2.39. The Morgan fingerprint density at radius 1 is 0.973 bits per heavy atom. The molecule has 37 heavy (non-hydrogen) atoms. The van der Waals surface area contributed by atoms with E-state index in [9.17, 15) is 9.59 Å². The number of aromatic nitrogens is 3. The zero-order valence-electron chi connectivity index (χ0n) is 20.1.